The number of ether oxygens (including phenoxy) is 1. The smallest absolute Gasteiger partial charge is 0.188 e. The summed E-state index contributed by atoms with van der Waals surface area (Å²) in [7, 11) is 4.15. The van der Waals surface area contributed by atoms with E-state index in [0.717, 1.165) is 52.4 Å². The Morgan fingerprint density at radius 1 is 1.24 bits per heavy atom. The van der Waals surface area contributed by atoms with E-state index in [2.05, 4.69) is 58.5 Å². The van der Waals surface area contributed by atoms with E-state index in [0.29, 0.717) is 12.5 Å². The molecule has 0 amide bonds. The fourth-order valence-electron chi connectivity index (χ4n) is 2.78. The molecule has 0 unspecified atom stereocenters. The van der Waals surface area contributed by atoms with Gasteiger partial charge in [0.2, 0.25) is 0 Å². The van der Waals surface area contributed by atoms with Gasteiger partial charge in [-0.05, 0) is 38.2 Å². The Bertz CT molecular complexity index is 518. The predicted molar refractivity (Wildman–Crippen MR) is 114 cm³/mol. The van der Waals surface area contributed by atoms with Gasteiger partial charge in [-0.25, -0.2) is 4.99 Å². The van der Waals surface area contributed by atoms with Crippen LogP contribution < -0.4 is 11.1 Å². The third kappa shape index (κ3) is 8.84. The lowest BCUT2D eigenvalue weighted by Crippen LogP contribution is -2.39. The standard InChI is InChI=1S/C18H31N5O.HI/c1-22(2)15-17-7-4-3-6-16(17)14-21-18(19)20-8-5-9-23-10-12-24-13-11-23;/h3-4,6-7H,5,8-15H2,1-2H3,(H3,19,20,21);1H. The van der Waals surface area contributed by atoms with Gasteiger partial charge in [-0.15, -0.1) is 24.0 Å². The average molecular weight is 461 g/mol. The maximum atomic E-state index is 5.99. The van der Waals surface area contributed by atoms with Crippen LogP contribution in [0.15, 0.2) is 29.3 Å². The third-order valence-electron chi connectivity index (χ3n) is 4.09. The second-order valence-electron chi connectivity index (χ2n) is 6.44. The number of halogens is 1. The topological polar surface area (TPSA) is 66.1 Å². The zero-order valence-electron chi connectivity index (χ0n) is 15.4. The summed E-state index contributed by atoms with van der Waals surface area (Å²) in [5.74, 6) is 0.525. The first kappa shape index (κ1) is 22.1. The van der Waals surface area contributed by atoms with Crippen LogP contribution in [0, 0.1) is 0 Å². The molecule has 0 aromatic heterocycles. The van der Waals surface area contributed by atoms with Crippen LogP contribution in [-0.2, 0) is 17.8 Å². The van der Waals surface area contributed by atoms with Crippen molar-refractivity contribution in [3.8, 4) is 0 Å². The highest BCUT2D eigenvalue weighted by atomic mass is 127. The number of nitrogens with two attached hydrogens (primary N) is 1. The Morgan fingerprint density at radius 2 is 1.92 bits per heavy atom. The Kier molecular flexibility index (Phi) is 11.0. The molecule has 0 aliphatic carbocycles. The molecule has 142 valence electrons. The molecule has 0 saturated carbocycles. The number of benzene rings is 1. The number of guanidine groups is 1. The fourth-order valence-corrected chi connectivity index (χ4v) is 2.78. The van der Waals surface area contributed by atoms with Crippen molar-refractivity contribution in [2.24, 2.45) is 10.7 Å². The summed E-state index contributed by atoms with van der Waals surface area (Å²) in [6, 6.07) is 8.39. The van der Waals surface area contributed by atoms with E-state index in [1.807, 2.05) is 0 Å². The summed E-state index contributed by atoms with van der Waals surface area (Å²) in [5.41, 5.74) is 8.51. The summed E-state index contributed by atoms with van der Waals surface area (Å²) in [5, 5.41) is 3.21. The van der Waals surface area contributed by atoms with Crippen LogP contribution in [-0.4, -0.2) is 69.2 Å². The van der Waals surface area contributed by atoms with Crippen LogP contribution in [0.2, 0.25) is 0 Å². The molecule has 6 nitrogen and oxygen atoms in total. The van der Waals surface area contributed by atoms with Crippen molar-refractivity contribution < 1.29 is 4.74 Å². The zero-order valence-corrected chi connectivity index (χ0v) is 17.7. The van der Waals surface area contributed by atoms with E-state index in [-0.39, 0.29) is 24.0 Å². The maximum absolute atomic E-state index is 5.99. The van der Waals surface area contributed by atoms with E-state index < -0.39 is 0 Å². The van der Waals surface area contributed by atoms with Gasteiger partial charge in [0.25, 0.3) is 0 Å². The van der Waals surface area contributed by atoms with Gasteiger partial charge in [0.05, 0.1) is 19.8 Å². The minimum absolute atomic E-state index is 0. The van der Waals surface area contributed by atoms with Crippen LogP contribution in [0.3, 0.4) is 0 Å². The van der Waals surface area contributed by atoms with Gasteiger partial charge < -0.3 is 20.7 Å². The van der Waals surface area contributed by atoms with E-state index in [1.165, 1.54) is 11.1 Å². The molecule has 0 atom stereocenters. The van der Waals surface area contributed by atoms with Gasteiger partial charge >= 0.3 is 0 Å². The molecule has 1 aromatic carbocycles. The van der Waals surface area contributed by atoms with Gasteiger partial charge in [0, 0.05) is 26.2 Å². The molecule has 1 saturated heterocycles. The number of hydrogen-bond acceptors (Lipinski definition) is 4. The number of nitrogens with zero attached hydrogens (tertiary/aromatic N) is 3. The van der Waals surface area contributed by atoms with Gasteiger partial charge in [-0.3, -0.25) is 4.90 Å². The minimum atomic E-state index is 0. The summed E-state index contributed by atoms with van der Waals surface area (Å²) < 4.78 is 5.35. The minimum Gasteiger partial charge on any atom is -0.379 e. The van der Waals surface area contributed by atoms with E-state index in [4.69, 9.17) is 10.5 Å². The van der Waals surface area contributed by atoms with Crippen LogP contribution >= 0.6 is 24.0 Å². The SMILES string of the molecule is CN(C)Cc1ccccc1CN=C(N)NCCCN1CCOCC1.I. The number of rotatable bonds is 8. The van der Waals surface area contributed by atoms with Gasteiger partial charge in [-0.1, -0.05) is 24.3 Å². The molecular weight excluding hydrogens is 429 g/mol. The van der Waals surface area contributed by atoms with Crippen molar-refractivity contribution in [3.63, 3.8) is 0 Å². The van der Waals surface area contributed by atoms with Crippen LogP contribution in [0.5, 0.6) is 0 Å². The van der Waals surface area contributed by atoms with Gasteiger partial charge in [0.15, 0.2) is 5.96 Å². The Morgan fingerprint density at radius 3 is 2.60 bits per heavy atom. The first-order valence-electron chi connectivity index (χ1n) is 8.70. The van der Waals surface area contributed by atoms with Crippen molar-refractivity contribution in [2.75, 3.05) is 53.5 Å². The quantitative estimate of drug-likeness (QED) is 0.266. The maximum Gasteiger partial charge on any atom is 0.188 e. The predicted octanol–water partition coefficient (Wildman–Crippen LogP) is 1.49. The summed E-state index contributed by atoms with van der Waals surface area (Å²) in [6.45, 7) is 7.23. The molecule has 0 radical (unpaired) electrons. The molecule has 0 spiro atoms. The van der Waals surface area contributed by atoms with Crippen molar-refractivity contribution in [1.29, 1.82) is 0 Å². The molecule has 7 heteroatoms. The van der Waals surface area contributed by atoms with E-state index in [1.54, 1.807) is 0 Å². The molecule has 1 aliphatic rings. The summed E-state index contributed by atoms with van der Waals surface area (Å²) in [4.78, 5) is 9.07. The third-order valence-corrected chi connectivity index (χ3v) is 4.09. The van der Waals surface area contributed by atoms with E-state index in [9.17, 15) is 0 Å². The van der Waals surface area contributed by atoms with Crippen LogP contribution in [0.1, 0.15) is 17.5 Å². The van der Waals surface area contributed by atoms with Crippen LogP contribution in [0.25, 0.3) is 0 Å². The molecule has 25 heavy (non-hydrogen) atoms. The largest absolute Gasteiger partial charge is 0.379 e. The molecule has 1 aliphatic heterocycles. The highest BCUT2D eigenvalue weighted by Gasteiger charge is 2.09. The highest BCUT2D eigenvalue weighted by Crippen LogP contribution is 2.11. The number of hydrogen-bond donors (Lipinski definition) is 2. The van der Waals surface area contributed by atoms with Crippen molar-refractivity contribution in [1.82, 2.24) is 15.1 Å². The van der Waals surface area contributed by atoms with Crippen molar-refractivity contribution in [3.05, 3.63) is 35.4 Å². The first-order valence-corrected chi connectivity index (χ1v) is 8.70. The molecular formula is C18H32IN5O. The Labute approximate surface area is 168 Å². The Hall–Kier alpha value is -0.900. The summed E-state index contributed by atoms with van der Waals surface area (Å²) in [6.07, 6.45) is 1.06. The molecule has 1 aromatic rings. The van der Waals surface area contributed by atoms with E-state index >= 15 is 0 Å². The molecule has 2 rings (SSSR count). The van der Waals surface area contributed by atoms with Gasteiger partial charge in [-0.2, -0.15) is 0 Å². The first-order chi connectivity index (χ1) is 11.6. The van der Waals surface area contributed by atoms with Gasteiger partial charge in [0.1, 0.15) is 0 Å². The lowest BCUT2D eigenvalue weighted by atomic mass is 10.1. The second kappa shape index (κ2) is 12.5. The lowest BCUT2D eigenvalue weighted by Gasteiger charge is -2.26. The van der Waals surface area contributed by atoms with Crippen molar-refractivity contribution in [2.45, 2.75) is 19.5 Å². The monoisotopic (exact) mass is 461 g/mol. The summed E-state index contributed by atoms with van der Waals surface area (Å²) >= 11 is 0. The zero-order chi connectivity index (χ0) is 17.2. The fraction of sp³-hybridized carbons (Fsp3) is 0.611. The average Bonchev–Trinajstić information content (AvgIpc) is 2.58. The normalized spacial score (nSPS) is 15.9. The number of aliphatic imine (C=N–C) groups is 1. The number of nitrogens with one attached hydrogen (secondary N) is 1. The number of morpholine rings is 1. The molecule has 1 fully saturated rings. The molecule has 0 bridgehead atoms. The lowest BCUT2D eigenvalue weighted by molar-refractivity contribution is 0.0376. The molecule has 3 N–H and O–H groups in total. The Balaban J connectivity index is 0.00000312. The highest BCUT2D eigenvalue weighted by molar-refractivity contribution is 14.0. The molecule has 1 heterocycles. The second-order valence-corrected chi connectivity index (χ2v) is 6.44. The van der Waals surface area contributed by atoms with Crippen LogP contribution in [0.4, 0.5) is 0 Å². The van der Waals surface area contributed by atoms with Crippen molar-refractivity contribution >= 4 is 29.9 Å².